The van der Waals surface area contributed by atoms with E-state index in [-0.39, 0.29) is 48.1 Å². The Kier molecular flexibility index (Phi) is 15.6. The van der Waals surface area contributed by atoms with E-state index in [2.05, 4.69) is 48.0 Å². The number of hydrogen-bond donors (Lipinski definition) is 6. The molecule has 0 bridgehead atoms. The zero-order valence-electron chi connectivity index (χ0n) is 37.1. The van der Waals surface area contributed by atoms with Crippen molar-refractivity contribution in [2.24, 2.45) is 22.8 Å². The van der Waals surface area contributed by atoms with Crippen LogP contribution >= 0.6 is 0 Å². The zero-order valence-corrected chi connectivity index (χ0v) is 37.1. The van der Waals surface area contributed by atoms with Crippen LogP contribution in [0.1, 0.15) is 137 Å². The van der Waals surface area contributed by atoms with Gasteiger partial charge in [0.15, 0.2) is 23.1 Å². The van der Waals surface area contributed by atoms with Crippen LogP contribution in [0.2, 0.25) is 0 Å². The molecule has 1 fully saturated rings. The van der Waals surface area contributed by atoms with Gasteiger partial charge < -0.3 is 36.5 Å². The molecule has 334 valence electrons. The maximum Gasteiger partial charge on any atom is 0.165 e. The molecule has 9 nitrogen and oxygen atoms in total. The number of fused-ring (bicyclic) bond motifs is 2. The Balaban J connectivity index is 0.955. The summed E-state index contributed by atoms with van der Waals surface area (Å²) in [6.45, 7) is 2.75. The van der Waals surface area contributed by atoms with Gasteiger partial charge in [0, 0.05) is 60.4 Å². The summed E-state index contributed by atoms with van der Waals surface area (Å²) in [5.74, 6) is 7.02. The molecule has 2 unspecified atom stereocenters. The van der Waals surface area contributed by atoms with E-state index >= 15 is 0 Å². The molecule has 0 spiro atoms. The third-order valence-electron chi connectivity index (χ3n) is 13.4. The highest BCUT2D eigenvalue weighted by atomic mass is 16.5. The number of aliphatic hydroxyl groups is 1. The fraction of sp³-hybridized carbons (Fsp3) is 0.382. The Morgan fingerprint density at radius 2 is 1.64 bits per heavy atom. The molecule has 1 aromatic heterocycles. The summed E-state index contributed by atoms with van der Waals surface area (Å²) >= 11 is 0. The van der Waals surface area contributed by atoms with Gasteiger partial charge in [-0.05, 0) is 132 Å². The molecule has 2 aliphatic rings. The van der Waals surface area contributed by atoms with Crippen LogP contribution in [0.4, 0.5) is 0 Å². The number of ether oxygens (including phenoxy) is 1. The number of rotatable bonds is 19. The minimum Gasteiger partial charge on any atom is -0.508 e. The lowest BCUT2D eigenvalue weighted by atomic mass is 9.78. The van der Waals surface area contributed by atoms with Gasteiger partial charge in [-0.3, -0.25) is 9.59 Å². The number of aromatic hydroxyl groups is 2. The van der Waals surface area contributed by atoms with E-state index in [0.717, 1.165) is 66.5 Å². The maximum absolute atomic E-state index is 13.8. The number of hydrogen-bond acceptors (Lipinski definition) is 8. The molecule has 8 N–H and O–H groups in total. The summed E-state index contributed by atoms with van der Waals surface area (Å²) in [6, 6.07) is 26.5. The van der Waals surface area contributed by atoms with Crippen LogP contribution in [0.5, 0.6) is 17.2 Å². The smallest absolute Gasteiger partial charge is 0.165 e. The molecule has 5 aromatic rings. The molecule has 2 atom stereocenters. The first-order chi connectivity index (χ1) is 31.0. The Bertz CT molecular complexity index is 2500. The molecule has 64 heavy (non-hydrogen) atoms. The summed E-state index contributed by atoms with van der Waals surface area (Å²) in [7, 11) is 0. The standard InChI is InChI=1S/C55H63N3O6/c1-37(11-15-40-7-2-3-8-41(40)24-31-59)21-28-55(26-4-5-27-55)29-22-44(60)17-12-38-14-20-51(62)53(34-38)64-32-25-39-13-19-50(61)48(33-39)47-36-52(63)46-23-30-58-49(46)10-6-9-42-35-43(54(56)57)16-18-45(42)47/h2-3,7-8,13-14,16,18-20,22-23,29-30,33-35,37,47,54,58-59,61-62H,4-5,10-12,15,17,21,24-28,31-32,36,56-57H2,1H3. The van der Waals surface area contributed by atoms with E-state index < -0.39 is 12.1 Å². The number of phenols is 2. The molecule has 0 radical (unpaired) electrons. The second-order valence-electron chi connectivity index (χ2n) is 18.0. The van der Waals surface area contributed by atoms with E-state index in [0.29, 0.717) is 60.5 Å². The largest absolute Gasteiger partial charge is 0.508 e. The normalized spacial score (nSPS) is 16.3. The van der Waals surface area contributed by atoms with E-state index in [4.69, 9.17) is 16.2 Å². The predicted molar refractivity (Wildman–Crippen MR) is 252 cm³/mol. The van der Waals surface area contributed by atoms with Crippen LogP contribution in [-0.4, -0.2) is 45.1 Å². The quantitative estimate of drug-likeness (QED) is 0.0271. The van der Waals surface area contributed by atoms with E-state index in [1.165, 1.54) is 24.0 Å². The van der Waals surface area contributed by atoms with Crippen LogP contribution in [0.3, 0.4) is 0 Å². The van der Waals surface area contributed by atoms with Gasteiger partial charge in [0.2, 0.25) is 0 Å². The number of ketones is 2. The lowest BCUT2D eigenvalue weighted by Crippen LogP contribution is -2.20. The van der Waals surface area contributed by atoms with Crippen molar-refractivity contribution in [2.45, 2.75) is 109 Å². The fourth-order valence-corrected chi connectivity index (χ4v) is 9.51. The van der Waals surface area contributed by atoms with Crippen molar-refractivity contribution >= 4 is 11.6 Å². The Labute approximate surface area is 378 Å². The third kappa shape index (κ3) is 11.8. The lowest BCUT2D eigenvalue weighted by molar-refractivity contribution is -0.114. The van der Waals surface area contributed by atoms with Crippen molar-refractivity contribution in [1.29, 1.82) is 0 Å². The Hall–Kier alpha value is -5.92. The number of carbonyl (C=O) groups excluding carboxylic acids is 2. The number of H-pyrrole nitrogens is 1. The summed E-state index contributed by atoms with van der Waals surface area (Å²) in [6.07, 6.45) is 16.6. The Morgan fingerprint density at radius 1 is 0.891 bits per heavy atom. The van der Waals surface area contributed by atoms with Gasteiger partial charge in [0.25, 0.3) is 0 Å². The second kappa shape index (κ2) is 21.6. The number of nitrogens with two attached hydrogens (primary N) is 2. The minimum atomic E-state index is -0.692. The highest BCUT2D eigenvalue weighted by molar-refractivity contribution is 5.98. The van der Waals surface area contributed by atoms with Gasteiger partial charge in [-0.2, -0.15) is 0 Å². The number of nitrogens with one attached hydrogen (secondary N) is 1. The number of allylic oxidation sites excluding steroid dienone is 2. The first kappa shape index (κ1) is 46.1. The first-order valence-electron chi connectivity index (χ1n) is 23.0. The fourth-order valence-electron chi connectivity index (χ4n) is 9.51. The van der Waals surface area contributed by atoms with Gasteiger partial charge in [0.05, 0.1) is 19.2 Å². The van der Waals surface area contributed by atoms with Gasteiger partial charge in [-0.15, -0.1) is 0 Å². The monoisotopic (exact) mass is 861 g/mol. The van der Waals surface area contributed by atoms with Crippen LogP contribution in [0.25, 0.3) is 0 Å². The van der Waals surface area contributed by atoms with Crippen LogP contribution < -0.4 is 16.2 Å². The van der Waals surface area contributed by atoms with Crippen molar-refractivity contribution in [2.75, 3.05) is 13.2 Å². The number of aryl methyl sites for hydroxylation is 2. The highest BCUT2D eigenvalue weighted by Gasteiger charge is 2.32. The van der Waals surface area contributed by atoms with Gasteiger partial charge in [-0.25, -0.2) is 0 Å². The first-order valence-corrected chi connectivity index (χ1v) is 23.0. The average Bonchev–Trinajstić information content (AvgIpc) is 3.98. The maximum atomic E-state index is 13.8. The van der Waals surface area contributed by atoms with Crippen LogP contribution in [-0.2, 0) is 36.9 Å². The van der Waals surface area contributed by atoms with Crippen molar-refractivity contribution in [3.05, 3.63) is 159 Å². The Morgan fingerprint density at radius 3 is 2.41 bits per heavy atom. The van der Waals surface area contributed by atoms with Gasteiger partial charge >= 0.3 is 0 Å². The summed E-state index contributed by atoms with van der Waals surface area (Å²) in [4.78, 5) is 30.2. The van der Waals surface area contributed by atoms with Crippen LogP contribution in [0, 0.1) is 23.2 Å². The summed E-state index contributed by atoms with van der Waals surface area (Å²) < 4.78 is 6.12. The molecule has 2 aliphatic carbocycles. The van der Waals surface area contributed by atoms with Crippen LogP contribution in [0.15, 0.2) is 103 Å². The van der Waals surface area contributed by atoms with Crippen molar-refractivity contribution in [1.82, 2.24) is 4.98 Å². The SMILES string of the molecule is CC(CCc1ccccc1CCO)CCC1(C=CC(=O)CCc2ccc(O)c(OCCc3ccc(O)c(C4CC(=O)c5cc[nH]c5CC#Cc5cc(C(N)N)ccc54)c3)c2)CCCC1. The van der Waals surface area contributed by atoms with E-state index in [1.54, 1.807) is 30.5 Å². The molecule has 0 aliphatic heterocycles. The second-order valence-corrected chi connectivity index (χ2v) is 18.0. The molecule has 4 aromatic carbocycles. The number of aliphatic hydroxyl groups excluding tert-OH is 1. The molecular weight excluding hydrogens is 799 g/mol. The molecular formula is C55H63N3O6. The minimum absolute atomic E-state index is 0.0200. The lowest BCUT2D eigenvalue weighted by Gasteiger charge is -2.27. The van der Waals surface area contributed by atoms with Crippen molar-refractivity contribution in [3.8, 4) is 29.1 Å². The molecule has 7 rings (SSSR count). The molecule has 0 amide bonds. The number of benzene rings is 4. The molecule has 1 heterocycles. The molecule has 1 saturated carbocycles. The third-order valence-corrected chi connectivity index (χ3v) is 13.4. The number of carbonyl (C=O) groups is 2. The number of aromatic amines is 1. The summed E-state index contributed by atoms with van der Waals surface area (Å²) in [5.41, 5.74) is 20.7. The zero-order chi connectivity index (χ0) is 45.1. The molecule has 0 saturated heterocycles. The van der Waals surface area contributed by atoms with E-state index in [9.17, 15) is 24.9 Å². The topological polar surface area (TPSA) is 172 Å². The highest BCUT2D eigenvalue weighted by Crippen LogP contribution is 2.44. The number of Topliss-reactive ketones (excluding diaryl/α,β-unsaturated/α-hetero) is 1. The predicted octanol–water partition coefficient (Wildman–Crippen LogP) is 9.48. The molecule has 9 heteroatoms. The van der Waals surface area contributed by atoms with Crippen molar-refractivity contribution < 1.29 is 29.6 Å². The number of aromatic nitrogens is 1. The van der Waals surface area contributed by atoms with Gasteiger partial charge in [-0.1, -0.05) is 92.3 Å². The van der Waals surface area contributed by atoms with E-state index in [1.807, 2.05) is 48.5 Å². The average molecular weight is 862 g/mol. The van der Waals surface area contributed by atoms with Gasteiger partial charge in [0.1, 0.15) is 5.75 Å². The number of phenolic OH excluding ortho intramolecular Hbond substituents is 2. The summed E-state index contributed by atoms with van der Waals surface area (Å²) in [5, 5.41) is 31.5. The van der Waals surface area contributed by atoms with Crippen molar-refractivity contribution in [3.63, 3.8) is 0 Å².